The van der Waals surface area contributed by atoms with Crippen molar-refractivity contribution in [2.45, 2.75) is 105 Å². The van der Waals surface area contributed by atoms with Crippen LogP contribution in [-0.4, -0.2) is 4.98 Å². The molecule has 9 atom stereocenters. The standard InChI is InChI=1S/C32H47N/c1-20-10-11-22-14-16-31(6)24(27(22)21(20)2)12-13-26-30(5)19-23-9-8-18-33-28(23)29(3,4)25(30)15-17-32(26,31)7/h8-9,12,18,20-22,25-27H,10-11,13-17,19H2,1-7H3/t20-,21+,22+,25+,26-,27-,30+,31-,32-/m1/s1. The van der Waals surface area contributed by atoms with Crippen LogP contribution in [0.2, 0.25) is 0 Å². The second-order valence-electron chi connectivity index (χ2n) is 14.4. The van der Waals surface area contributed by atoms with Crippen LogP contribution in [0.15, 0.2) is 30.0 Å². The molecule has 0 aromatic carbocycles. The summed E-state index contributed by atoms with van der Waals surface area (Å²) in [6, 6.07) is 4.56. The van der Waals surface area contributed by atoms with Gasteiger partial charge in [0.15, 0.2) is 0 Å². The van der Waals surface area contributed by atoms with Crippen LogP contribution in [0, 0.1) is 51.8 Å². The van der Waals surface area contributed by atoms with Crippen molar-refractivity contribution in [2.24, 2.45) is 51.8 Å². The van der Waals surface area contributed by atoms with E-state index >= 15 is 0 Å². The molecule has 1 nitrogen and oxygen atoms in total. The lowest BCUT2D eigenvalue weighted by Gasteiger charge is -2.70. The number of hydrogen-bond donors (Lipinski definition) is 0. The zero-order chi connectivity index (χ0) is 23.4. The first-order chi connectivity index (χ1) is 15.5. The molecule has 1 aromatic rings. The van der Waals surface area contributed by atoms with E-state index in [9.17, 15) is 0 Å². The Morgan fingerprint density at radius 2 is 1.70 bits per heavy atom. The SMILES string of the molecule is C[C@@H]1[C@H]2C3=CC[C@@H]4[C@@]5(C)Cc6cccnc6C(C)(C)[C@@H]5CC[C@@]4(C)[C@]3(C)CC[C@@H]2CC[C@H]1C. The van der Waals surface area contributed by atoms with Crippen molar-refractivity contribution in [2.75, 3.05) is 0 Å². The monoisotopic (exact) mass is 445 g/mol. The highest BCUT2D eigenvalue weighted by atomic mass is 14.8. The van der Waals surface area contributed by atoms with Crippen LogP contribution in [0.5, 0.6) is 0 Å². The molecule has 3 saturated carbocycles. The van der Waals surface area contributed by atoms with Gasteiger partial charge in [0.1, 0.15) is 0 Å². The molecular weight excluding hydrogens is 398 g/mol. The Balaban J connectivity index is 1.46. The summed E-state index contributed by atoms with van der Waals surface area (Å²) in [5, 5.41) is 0. The predicted molar refractivity (Wildman–Crippen MR) is 138 cm³/mol. The Kier molecular flexibility index (Phi) is 4.73. The van der Waals surface area contributed by atoms with Gasteiger partial charge in [0.2, 0.25) is 0 Å². The molecule has 3 fully saturated rings. The van der Waals surface area contributed by atoms with Gasteiger partial charge in [0.25, 0.3) is 0 Å². The lowest BCUT2D eigenvalue weighted by molar-refractivity contribution is -0.153. The Morgan fingerprint density at radius 3 is 2.48 bits per heavy atom. The Labute approximate surface area is 203 Å². The Hall–Kier alpha value is -1.11. The van der Waals surface area contributed by atoms with E-state index in [0.717, 1.165) is 35.5 Å². The Bertz CT molecular complexity index is 986. The summed E-state index contributed by atoms with van der Waals surface area (Å²) in [6.45, 7) is 18.3. The minimum absolute atomic E-state index is 0.167. The van der Waals surface area contributed by atoms with E-state index in [1.807, 2.05) is 11.8 Å². The number of pyridine rings is 1. The summed E-state index contributed by atoms with van der Waals surface area (Å²) < 4.78 is 0. The Morgan fingerprint density at radius 1 is 0.909 bits per heavy atom. The molecule has 0 N–H and O–H groups in total. The van der Waals surface area contributed by atoms with Gasteiger partial charge >= 0.3 is 0 Å². The van der Waals surface area contributed by atoms with Gasteiger partial charge in [-0.15, -0.1) is 0 Å². The van der Waals surface area contributed by atoms with E-state index < -0.39 is 0 Å². The molecular formula is C32H47N. The largest absolute Gasteiger partial charge is 0.260 e. The average Bonchev–Trinajstić information content (AvgIpc) is 2.76. The highest BCUT2D eigenvalue weighted by molar-refractivity contribution is 5.38. The highest BCUT2D eigenvalue weighted by Gasteiger charge is 2.66. The molecule has 1 heterocycles. The van der Waals surface area contributed by atoms with Crippen molar-refractivity contribution in [1.82, 2.24) is 4.98 Å². The molecule has 0 bridgehead atoms. The van der Waals surface area contributed by atoms with Gasteiger partial charge in [-0.2, -0.15) is 0 Å². The van der Waals surface area contributed by atoms with Crippen LogP contribution >= 0.6 is 0 Å². The van der Waals surface area contributed by atoms with E-state index in [1.54, 1.807) is 0 Å². The maximum atomic E-state index is 4.94. The number of fused-ring (bicyclic) bond motifs is 8. The second kappa shape index (κ2) is 6.98. The van der Waals surface area contributed by atoms with Crippen molar-refractivity contribution in [3.8, 4) is 0 Å². The van der Waals surface area contributed by atoms with Crippen molar-refractivity contribution in [1.29, 1.82) is 0 Å². The summed E-state index contributed by atoms with van der Waals surface area (Å²) in [5.41, 5.74) is 6.17. The number of hydrogen-bond acceptors (Lipinski definition) is 1. The van der Waals surface area contributed by atoms with Crippen molar-refractivity contribution < 1.29 is 0 Å². The first-order valence-electron chi connectivity index (χ1n) is 14.2. The van der Waals surface area contributed by atoms with E-state index in [1.165, 1.54) is 62.6 Å². The highest BCUT2D eigenvalue weighted by Crippen LogP contribution is 2.73. The van der Waals surface area contributed by atoms with Crippen LogP contribution in [0.1, 0.15) is 105 Å². The van der Waals surface area contributed by atoms with Crippen LogP contribution in [0.4, 0.5) is 0 Å². The fraction of sp³-hybridized carbons (Fsp3) is 0.781. The maximum absolute atomic E-state index is 4.94. The number of allylic oxidation sites excluding steroid dienone is 2. The van der Waals surface area contributed by atoms with Gasteiger partial charge in [-0.3, -0.25) is 4.98 Å². The molecule has 6 rings (SSSR count). The molecule has 5 aliphatic rings. The molecule has 0 unspecified atom stereocenters. The lowest BCUT2D eigenvalue weighted by atomic mass is 9.34. The molecule has 0 spiro atoms. The minimum Gasteiger partial charge on any atom is -0.260 e. The predicted octanol–water partition coefficient (Wildman–Crippen LogP) is 8.38. The van der Waals surface area contributed by atoms with Crippen molar-refractivity contribution >= 4 is 0 Å². The fourth-order valence-electron chi connectivity index (χ4n) is 11.0. The summed E-state index contributed by atoms with van der Waals surface area (Å²) in [7, 11) is 0. The van der Waals surface area contributed by atoms with Crippen molar-refractivity contribution in [3.05, 3.63) is 41.2 Å². The van der Waals surface area contributed by atoms with E-state index in [-0.39, 0.29) is 5.41 Å². The van der Waals surface area contributed by atoms with E-state index in [2.05, 4.69) is 66.7 Å². The van der Waals surface area contributed by atoms with Gasteiger partial charge < -0.3 is 0 Å². The number of rotatable bonds is 0. The fourth-order valence-corrected chi connectivity index (χ4v) is 11.0. The second-order valence-corrected chi connectivity index (χ2v) is 14.4. The zero-order valence-corrected chi connectivity index (χ0v) is 22.4. The first kappa shape index (κ1) is 22.4. The summed E-state index contributed by atoms with van der Waals surface area (Å²) in [6.07, 6.45) is 16.0. The minimum atomic E-state index is 0.167. The van der Waals surface area contributed by atoms with E-state index in [0.29, 0.717) is 16.2 Å². The molecule has 0 amide bonds. The first-order valence-corrected chi connectivity index (χ1v) is 14.2. The third-order valence-electron chi connectivity index (χ3n) is 13.1. The van der Waals surface area contributed by atoms with Crippen molar-refractivity contribution in [3.63, 3.8) is 0 Å². The summed E-state index contributed by atoms with van der Waals surface area (Å²) >= 11 is 0. The summed E-state index contributed by atoms with van der Waals surface area (Å²) in [5.74, 6) is 5.05. The average molecular weight is 446 g/mol. The molecule has 0 radical (unpaired) electrons. The molecule has 1 heteroatoms. The van der Waals surface area contributed by atoms with Gasteiger partial charge in [0, 0.05) is 17.3 Å². The van der Waals surface area contributed by atoms with Gasteiger partial charge in [-0.1, -0.05) is 72.6 Å². The number of aromatic nitrogens is 1. The molecule has 180 valence electrons. The summed E-state index contributed by atoms with van der Waals surface area (Å²) in [4.78, 5) is 4.94. The quantitative estimate of drug-likeness (QED) is 0.365. The van der Waals surface area contributed by atoms with Gasteiger partial charge in [-0.05, 0) is 108 Å². The molecule has 5 aliphatic carbocycles. The van der Waals surface area contributed by atoms with E-state index in [4.69, 9.17) is 4.98 Å². The molecule has 0 aliphatic heterocycles. The molecule has 0 saturated heterocycles. The topological polar surface area (TPSA) is 12.9 Å². The van der Waals surface area contributed by atoms with Crippen LogP contribution < -0.4 is 0 Å². The lowest BCUT2D eigenvalue weighted by Crippen LogP contribution is -2.63. The van der Waals surface area contributed by atoms with Crippen LogP contribution in [-0.2, 0) is 11.8 Å². The third-order valence-corrected chi connectivity index (χ3v) is 13.1. The smallest absolute Gasteiger partial charge is 0.0494 e. The van der Waals surface area contributed by atoms with Crippen LogP contribution in [0.3, 0.4) is 0 Å². The zero-order valence-electron chi connectivity index (χ0n) is 22.4. The number of nitrogens with zero attached hydrogens (tertiary/aromatic N) is 1. The van der Waals surface area contributed by atoms with Gasteiger partial charge in [0.05, 0.1) is 0 Å². The third kappa shape index (κ3) is 2.69. The molecule has 1 aromatic heterocycles. The van der Waals surface area contributed by atoms with Gasteiger partial charge in [-0.25, -0.2) is 0 Å². The van der Waals surface area contributed by atoms with Crippen LogP contribution in [0.25, 0.3) is 0 Å². The normalized spacial score (nSPS) is 50.1. The maximum Gasteiger partial charge on any atom is 0.0494 e. The molecule has 33 heavy (non-hydrogen) atoms.